The maximum atomic E-state index is 5.73. The summed E-state index contributed by atoms with van der Waals surface area (Å²) in [5.74, 6) is 0. The first-order valence-electron chi connectivity index (χ1n) is 6.61. The van der Waals surface area contributed by atoms with E-state index in [9.17, 15) is 0 Å². The number of hydrogen-bond donors (Lipinski definition) is 0. The van der Waals surface area contributed by atoms with E-state index in [1.807, 2.05) is 0 Å². The van der Waals surface area contributed by atoms with Crippen molar-refractivity contribution in [2.24, 2.45) is 0 Å². The van der Waals surface area contributed by atoms with Crippen LogP contribution in [0.3, 0.4) is 0 Å². The summed E-state index contributed by atoms with van der Waals surface area (Å²) in [6.45, 7) is 12.2. The zero-order valence-corrected chi connectivity index (χ0v) is 13.1. The molecule has 1 rings (SSSR count). The van der Waals surface area contributed by atoms with Crippen LogP contribution >= 0.6 is 0 Å². The van der Waals surface area contributed by atoms with Gasteiger partial charge in [-0.3, -0.25) is 0 Å². The average molecular weight is 250 g/mol. The molecule has 1 aromatic carbocycles. The molecule has 0 aliphatic carbocycles. The Labute approximate surface area is 108 Å². The lowest BCUT2D eigenvalue weighted by Gasteiger charge is -2.23. The molecule has 0 N–H and O–H groups in total. The van der Waals surface area contributed by atoms with Crippen LogP contribution < -0.4 is 0 Å². The van der Waals surface area contributed by atoms with Gasteiger partial charge in [-0.25, -0.2) is 0 Å². The lowest BCUT2D eigenvalue weighted by atomic mass is 9.83. The predicted molar refractivity (Wildman–Crippen MR) is 78.3 cm³/mol. The highest BCUT2D eigenvalue weighted by atomic mass is 28.3. The second-order valence-corrected chi connectivity index (χ2v) is 8.36. The number of aryl methyl sites for hydroxylation is 1. The van der Waals surface area contributed by atoms with Gasteiger partial charge in [0.05, 0.1) is 0 Å². The minimum absolute atomic E-state index is 0.240. The van der Waals surface area contributed by atoms with Gasteiger partial charge in [-0.15, -0.1) is 0 Å². The number of rotatable bonds is 5. The standard InChI is InChI=1S/C15H26OSi/c1-15(2,3)14-11-7-6-9-13(14)10-8-12-16-17(4)5/h6-7,9,11,17H,8,10,12H2,1-5H3. The minimum Gasteiger partial charge on any atom is -0.421 e. The Bertz CT molecular complexity index is 339. The molecule has 0 atom stereocenters. The summed E-state index contributed by atoms with van der Waals surface area (Å²) in [5, 5.41) is 0. The van der Waals surface area contributed by atoms with Crippen LogP contribution in [0.2, 0.25) is 13.1 Å². The van der Waals surface area contributed by atoms with Gasteiger partial charge in [0.25, 0.3) is 0 Å². The Hall–Kier alpha value is -0.603. The summed E-state index contributed by atoms with van der Waals surface area (Å²) in [6, 6.07) is 8.80. The van der Waals surface area contributed by atoms with Crippen LogP contribution in [0.5, 0.6) is 0 Å². The van der Waals surface area contributed by atoms with Crippen molar-refractivity contribution in [3.8, 4) is 0 Å². The molecule has 1 aromatic rings. The third-order valence-corrected chi connectivity index (χ3v) is 3.77. The van der Waals surface area contributed by atoms with Crippen molar-refractivity contribution in [2.75, 3.05) is 6.61 Å². The van der Waals surface area contributed by atoms with Crippen LogP contribution in [0, 0.1) is 0 Å². The van der Waals surface area contributed by atoms with E-state index in [-0.39, 0.29) is 5.41 Å². The van der Waals surface area contributed by atoms with Crippen molar-refractivity contribution in [1.29, 1.82) is 0 Å². The Morgan fingerprint density at radius 1 is 1.12 bits per heavy atom. The van der Waals surface area contributed by atoms with Gasteiger partial charge < -0.3 is 4.43 Å². The summed E-state index contributed by atoms with van der Waals surface area (Å²) in [6.07, 6.45) is 2.27. The minimum atomic E-state index is -0.842. The van der Waals surface area contributed by atoms with Gasteiger partial charge in [-0.05, 0) is 42.5 Å². The molecular weight excluding hydrogens is 224 g/mol. The third-order valence-electron chi connectivity index (χ3n) is 2.87. The highest BCUT2D eigenvalue weighted by molar-refractivity contribution is 6.48. The Kier molecular flexibility index (Phi) is 5.41. The summed E-state index contributed by atoms with van der Waals surface area (Å²) < 4.78 is 5.73. The first-order valence-corrected chi connectivity index (χ1v) is 9.39. The molecule has 0 spiro atoms. The quantitative estimate of drug-likeness (QED) is 0.568. The smallest absolute Gasteiger partial charge is 0.170 e. The molecule has 0 fully saturated rings. The maximum Gasteiger partial charge on any atom is 0.170 e. The van der Waals surface area contributed by atoms with E-state index in [0.717, 1.165) is 19.4 Å². The fourth-order valence-corrected chi connectivity index (χ4v) is 2.69. The Morgan fingerprint density at radius 2 is 1.76 bits per heavy atom. The molecule has 96 valence electrons. The van der Waals surface area contributed by atoms with Crippen LogP contribution in [0.4, 0.5) is 0 Å². The SMILES string of the molecule is C[SiH](C)OCCCc1ccccc1C(C)(C)C. The molecule has 0 heterocycles. The fraction of sp³-hybridized carbons (Fsp3) is 0.600. The van der Waals surface area contributed by atoms with Crippen molar-refractivity contribution in [2.45, 2.75) is 52.1 Å². The first kappa shape index (κ1) is 14.5. The topological polar surface area (TPSA) is 9.23 Å². The second-order valence-electron chi connectivity index (χ2n) is 5.93. The summed E-state index contributed by atoms with van der Waals surface area (Å²) in [5.41, 5.74) is 3.19. The van der Waals surface area contributed by atoms with E-state index in [1.54, 1.807) is 0 Å². The zero-order chi connectivity index (χ0) is 12.9. The summed E-state index contributed by atoms with van der Waals surface area (Å²) in [4.78, 5) is 0. The molecule has 1 nitrogen and oxygen atoms in total. The molecule has 0 saturated heterocycles. The second kappa shape index (κ2) is 6.36. The predicted octanol–water partition coefficient (Wildman–Crippen LogP) is 3.92. The summed E-state index contributed by atoms with van der Waals surface area (Å²) >= 11 is 0. The molecular formula is C15H26OSi. The molecule has 0 unspecified atom stereocenters. The largest absolute Gasteiger partial charge is 0.421 e. The summed E-state index contributed by atoms with van der Waals surface area (Å²) in [7, 11) is -0.842. The van der Waals surface area contributed by atoms with Gasteiger partial charge in [0.2, 0.25) is 0 Å². The number of benzene rings is 1. The van der Waals surface area contributed by atoms with E-state index in [2.05, 4.69) is 58.1 Å². The van der Waals surface area contributed by atoms with Crippen molar-refractivity contribution >= 4 is 9.04 Å². The molecule has 0 bridgehead atoms. The van der Waals surface area contributed by atoms with Gasteiger partial charge in [-0.1, -0.05) is 45.0 Å². The van der Waals surface area contributed by atoms with E-state index >= 15 is 0 Å². The van der Waals surface area contributed by atoms with Crippen LogP contribution in [0.15, 0.2) is 24.3 Å². The van der Waals surface area contributed by atoms with Gasteiger partial charge in [0.15, 0.2) is 9.04 Å². The van der Waals surface area contributed by atoms with Crippen LogP contribution in [-0.2, 0) is 16.3 Å². The molecule has 0 amide bonds. The Morgan fingerprint density at radius 3 is 2.35 bits per heavy atom. The molecule has 0 radical (unpaired) electrons. The van der Waals surface area contributed by atoms with E-state index < -0.39 is 9.04 Å². The van der Waals surface area contributed by atoms with Crippen molar-refractivity contribution in [3.05, 3.63) is 35.4 Å². The Balaban J connectivity index is 2.59. The normalized spacial score (nSPS) is 12.1. The molecule has 0 aliphatic rings. The zero-order valence-electron chi connectivity index (χ0n) is 11.9. The van der Waals surface area contributed by atoms with E-state index in [0.29, 0.717) is 0 Å². The van der Waals surface area contributed by atoms with Crippen LogP contribution in [-0.4, -0.2) is 15.6 Å². The van der Waals surface area contributed by atoms with Crippen molar-refractivity contribution in [3.63, 3.8) is 0 Å². The lowest BCUT2D eigenvalue weighted by Crippen LogP contribution is -2.15. The molecule has 0 saturated carbocycles. The fourth-order valence-electron chi connectivity index (χ4n) is 2.05. The maximum absolute atomic E-state index is 5.73. The third kappa shape index (κ3) is 5.05. The average Bonchev–Trinajstić information content (AvgIpc) is 2.23. The monoisotopic (exact) mass is 250 g/mol. The lowest BCUT2D eigenvalue weighted by molar-refractivity contribution is 0.318. The number of hydrogen-bond acceptors (Lipinski definition) is 1. The van der Waals surface area contributed by atoms with Gasteiger partial charge in [0, 0.05) is 6.61 Å². The van der Waals surface area contributed by atoms with E-state index in [1.165, 1.54) is 11.1 Å². The van der Waals surface area contributed by atoms with Crippen LogP contribution in [0.25, 0.3) is 0 Å². The van der Waals surface area contributed by atoms with E-state index in [4.69, 9.17) is 4.43 Å². The molecule has 0 aliphatic heterocycles. The molecule has 17 heavy (non-hydrogen) atoms. The van der Waals surface area contributed by atoms with Gasteiger partial charge in [0.1, 0.15) is 0 Å². The first-order chi connectivity index (χ1) is 7.91. The molecule has 2 heteroatoms. The van der Waals surface area contributed by atoms with Crippen molar-refractivity contribution < 1.29 is 4.43 Å². The van der Waals surface area contributed by atoms with Crippen molar-refractivity contribution in [1.82, 2.24) is 0 Å². The van der Waals surface area contributed by atoms with Gasteiger partial charge >= 0.3 is 0 Å². The molecule has 0 aromatic heterocycles. The van der Waals surface area contributed by atoms with Crippen LogP contribution in [0.1, 0.15) is 38.3 Å². The van der Waals surface area contributed by atoms with Gasteiger partial charge in [-0.2, -0.15) is 0 Å². The highest BCUT2D eigenvalue weighted by Gasteiger charge is 2.16. The highest BCUT2D eigenvalue weighted by Crippen LogP contribution is 2.26.